The molecule has 1 N–H and O–H groups in total. The van der Waals surface area contributed by atoms with Gasteiger partial charge < -0.3 is 5.32 Å². The molecule has 3 rings (SSSR count). The third-order valence-corrected chi connectivity index (χ3v) is 7.36. The number of amides is 1. The number of thiazole rings is 1. The van der Waals surface area contributed by atoms with Crippen molar-refractivity contribution < 1.29 is 4.79 Å². The highest BCUT2D eigenvalue weighted by molar-refractivity contribution is 8.03. The van der Waals surface area contributed by atoms with Crippen molar-refractivity contribution in [3.63, 3.8) is 0 Å². The number of hydrogen-bond acceptors (Lipinski definition) is 8. The number of thioether (sulfide) groups is 2. The molecule has 0 aliphatic carbocycles. The second-order valence-corrected chi connectivity index (χ2v) is 9.37. The van der Waals surface area contributed by atoms with E-state index in [-0.39, 0.29) is 5.91 Å². The lowest BCUT2D eigenvalue weighted by Crippen LogP contribution is -2.25. The van der Waals surface area contributed by atoms with Gasteiger partial charge in [-0.2, -0.15) is 0 Å². The summed E-state index contributed by atoms with van der Waals surface area (Å²) in [4.78, 5) is 16.2. The normalized spacial score (nSPS) is 11.0. The van der Waals surface area contributed by atoms with Crippen molar-refractivity contribution in [1.29, 1.82) is 0 Å². The molecule has 5 nitrogen and oxygen atoms in total. The maximum Gasteiger partial charge on any atom is 0.230 e. The first-order chi connectivity index (χ1) is 11.7. The van der Waals surface area contributed by atoms with Crippen molar-refractivity contribution >= 4 is 62.3 Å². The zero-order chi connectivity index (χ0) is 16.8. The monoisotopic (exact) mass is 396 g/mol. The predicted molar refractivity (Wildman–Crippen MR) is 103 cm³/mol. The lowest BCUT2D eigenvalue weighted by Gasteiger charge is -2.00. The molecule has 0 aliphatic rings. The fourth-order valence-corrected chi connectivity index (χ4v) is 5.67. The number of aromatic nitrogens is 3. The molecule has 0 saturated heterocycles. The Balaban J connectivity index is 1.49. The molecular weight excluding hydrogens is 380 g/mol. The van der Waals surface area contributed by atoms with E-state index in [0.717, 1.165) is 37.9 Å². The number of rotatable bonds is 8. The van der Waals surface area contributed by atoms with Crippen LogP contribution in [0.1, 0.15) is 18.4 Å². The van der Waals surface area contributed by atoms with Gasteiger partial charge in [0.2, 0.25) is 5.91 Å². The molecule has 126 valence electrons. The summed E-state index contributed by atoms with van der Waals surface area (Å²) >= 11 is 6.31. The van der Waals surface area contributed by atoms with Crippen molar-refractivity contribution in [2.24, 2.45) is 0 Å². The number of carbonyl (C=O) groups excluding carboxylic acids is 1. The molecule has 0 bridgehead atoms. The fourth-order valence-electron chi connectivity index (χ4n) is 1.86. The van der Waals surface area contributed by atoms with Gasteiger partial charge in [-0.15, -0.1) is 21.5 Å². The maximum atomic E-state index is 11.6. The minimum Gasteiger partial charge on any atom is -0.355 e. The molecule has 0 saturated carbocycles. The summed E-state index contributed by atoms with van der Waals surface area (Å²) in [6, 6.07) is 8.15. The maximum absolute atomic E-state index is 11.6. The van der Waals surface area contributed by atoms with E-state index >= 15 is 0 Å². The Hall–Kier alpha value is -1.16. The van der Waals surface area contributed by atoms with Crippen molar-refractivity contribution in [2.75, 3.05) is 12.3 Å². The Morgan fingerprint density at radius 3 is 2.75 bits per heavy atom. The first-order valence-corrected chi connectivity index (χ1v) is 11.0. The summed E-state index contributed by atoms with van der Waals surface area (Å²) in [5.41, 5.74) is 1.05. The predicted octanol–water partition coefficient (Wildman–Crippen LogP) is 4.06. The molecular formula is C15H16N4OS4. The van der Waals surface area contributed by atoms with Crippen molar-refractivity contribution in [1.82, 2.24) is 20.5 Å². The summed E-state index contributed by atoms with van der Waals surface area (Å²) in [6.45, 7) is 2.76. The fraction of sp³-hybridized carbons (Fsp3) is 0.333. The third kappa shape index (κ3) is 4.92. The molecule has 9 heteroatoms. The highest BCUT2D eigenvalue weighted by Crippen LogP contribution is 2.32. The van der Waals surface area contributed by atoms with Crippen LogP contribution in [-0.4, -0.2) is 33.4 Å². The van der Waals surface area contributed by atoms with Crippen molar-refractivity contribution in [3.05, 3.63) is 29.3 Å². The van der Waals surface area contributed by atoms with Crippen LogP contribution in [0.3, 0.4) is 0 Å². The Bertz CT molecular complexity index is 784. The first kappa shape index (κ1) is 17.7. The molecule has 0 radical (unpaired) electrons. The lowest BCUT2D eigenvalue weighted by atomic mass is 10.3. The average Bonchev–Trinajstić information content (AvgIpc) is 3.22. The second-order valence-electron chi connectivity index (χ2n) is 4.84. The third-order valence-electron chi connectivity index (χ3n) is 2.94. The van der Waals surface area contributed by atoms with Crippen LogP contribution < -0.4 is 5.32 Å². The van der Waals surface area contributed by atoms with Gasteiger partial charge in [-0.05, 0) is 18.6 Å². The summed E-state index contributed by atoms with van der Waals surface area (Å²) in [7, 11) is 0. The van der Waals surface area contributed by atoms with E-state index in [2.05, 4.69) is 26.6 Å². The standard InChI is InChI=1S/C15H16N4OS4/c1-2-7-16-12(20)8-21-14-18-19-15(24-14)22-9-13-17-10-5-3-4-6-11(10)23-13/h3-6H,2,7-9H2,1H3,(H,16,20). The molecule has 1 amide bonds. The largest absolute Gasteiger partial charge is 0.355 e. The SMILES string of the molecule is CCCNC(=O)CSc1nnc(SCc2nc3ccccc3s2)s1. The molecule has 0 atom stereocenters. The van der Waals surface area contributed by atoms with Gasteiger partial charge in [0, 0.05) is 6.54 Å². The van der Waals surface area contributed by atoms with E-state index in [0.29, 0.717) is 5.75 Å². The Labute approximate surface area is 156 Å². The first-order valence-electron chi connectivity index (χ1n) is 7.45. The Kier molecular flexibility index (Phi) is 6.47. The quantitative estimate of drug-likeness (QED) is 0.579. The summed E-state index contributed by atoms with van der Waals surface area (Å²) < 4.78 is 2.94. The van der Waals surface area contributed by atoms with E-state index in [9.17, 15) is 4.79 Å². The molecule has 3 aromatic rings. The van der Waals surface area contributed by atoms with Gasteiger partial charge in [-0.3, -0.25) is 4.79 Å². The van der Waals surface area contributed by atoms with Gasteiger partial charge >= 0.3 is 0 Å². The smallest absolute Gasteiger partial charge is 0.230 e. The van der Waals surface area contributed by atoms with Gasteiger partial charge in [0.15, 0.2) is 8.68 Å². The number of para-hydroxylation sites is 1. The zero-order valence-electron chi connectivity index (χ0n) is 13.0. The average molecular weight is 397 g/mol. The zero-order valence-corrected chi connectivity index (χ0v) is 16.3. The summed E-state index contributed by atoms with van der Waals surface area (Å²) in [5.74, 6) is 1.22. The van der Waals surface area contributed by atoms with Crippen molar-refractivity contribution in [2.45, 2.75) is 27.8 Å². The minimum absolute atomic E-state index is 0.0423. The lowest BCUT2D eigenvalue weighted by molar-refractivity contribution is -0.118. The van der Waals surface area contributed by atoms with Crippen LogP contribution in [0.15, 0.2) is 32.9 Å². The van der Waals surface area contributed by atoms with E-state index in [4.69, 9.17) is 0 Å². The number of fused-ring (bicyclic) bond motifs is 1. The van der Waals surface area contributed by atoms with Gasteiger partial charge in [-0.1, -0.05) is 53.9 Å². The van der Waals surface area contributed by atoms with Crippen LogP contribution in [0.5, 0.6) is 0 Å². The molecule has 0 spiro atoms. The summed E-state index contributed by atoms with van der Waals surface area (Å²) in [5, 5.41) is 12.3. The highest BCUT2D eigenvalue weighted by Gasteiger charge is 2.10. The molecule has 0 aliphatic heterocycles. The Morgan fingerprint density at radius 1 is 1.17 bits per heavy atom. The second kappa shape index (κ2) is 8.80. The van der Waals surface area contributed by atoms with Gasteiger partial charge in [0.05, 0.1) is 21.7 Å². The number of hydrogen-bond donors (Lipinski definition) is 1. The minimum atomic E-state index is 0.0423. The van der Waals surface area contributed by atoms with Crippen LogP contribution in [-0.2, 0) is 10.5 Å². The highest BCUT2D eigenvalue weighted by atomic mass is 32.2. The summed E-state index contributed by atoms with van der Waals surface area (Å²) in [6.07, 6.45) is 0.946. The molecule has 24 heavy (non-hydrogen) atoms. The van der Waals surface area contributed by atoms with Gasteiger partial charge in [0.1, 0.15) is 5.01 Å². The topological polar surface area (TPSA) is 67.8 Å². The van der Waals surface area contributed by atoms with E-state index in [1.165, 1.54) is 27.8 Å². The van der Waals surface area contributed by atoms with Crippen LogP contribution in [0.25, 0.3) is 10.2 Å². The Morgan fingerprint density at radius 2 is 1.96 bits per heavy atom. The van der Waals surface area contributed by atoms with Gasteiger partial charge in [0.25, 0.3) is 0 Å². The molecule has 0 unspecified atom stereocenters. The van der Waals surface area contributed by atoms with Crippen LogP contribution in [0.2, 0.25) is 0 Å². The van der Waals surface area contributed by atoms with Crippen LogP contribution in [0.4, 0.5) is 0 Å². The van der Waals surface area contributed by atoms with E-state index < -0.39 is 0 Å². The molecule has 2 heterocycles. The molecule has 1 aromatic carbocycles. The number of benzene rings is 1. The van der Waals surface area contributed by atoms with Crippen LogP contribution >= 0.6 is 46.2 Å². The number of nitrogens with one attached hydrogen (secondary N) is 1. The van der Waals surface area contributed by atoms with Crippen molar-refractivity contribution in [3.8, 4) is 0 Å². The number of carbonyl (C=O) groups is 1. The molecule has 0 fully saturated rings. The molecule has 2 aromatic heterocycles. The van der Waals surface area contributed by atoms with E-state index in [1.54, 1.807) is 23.1 Å². The van der Waals surface area contributed by atoms with Crippen LogP contribution in [0, 0.1) is 0 Å². The van der Waals surface area contributed by atoms with E-state index in [1.807, 2.05) is 25.1 Å². The number of nitrogens with zero attached hydrogens (tertiary/aromatic N) is 3. The van der Waals surface area contributed by atoms with Gasteiger partial charge in [-0.25, -0.2) is 4.98 Å².